The number of benzene rings is 1. The molecule has 0 aliphatic heterocycles. The van der Waals surface area contributed by atoms with Gasteiger partial charge in [-0.3, -0.25) is 4.79 Å². The van der Waals surface area contributed by atoms with Crippen LogP contribution >= 0.6 is 11.3 Å². The van der Waals surface area contributed by atoms with Crippen LogP contribution in [0.3, 0.4) is 0 Å². The van der Waals surface area contributed by atoms with Crippen molar-refractivity contribution in [3.8, 4) is 0 Å². The summed E-state index contributed by atoms with van der Waals surface area (Å²) in [7, 11) is 0. The fourth-order valence-corrected chi connectivity index (χ4v) is 2.05. The first-order valence-corrected chi connectivity index (χ1v) is 6.06. The van der Waals surface area contributed by atoms with Gasteiger partial charge in [-0.05, 0) is 24.6 Å². The first kappa shape index (κ1) is 12.3. The predicted octanol–water partition coefficient (Wildman–Crippen LogP) is 2.40. The second kappa shape index (κ2) is 4.97. The molecule has 0 aliphatic carbocycles. The maximum atomic E-state index is 11.8. The standard InChI is InChI=1S/C12H10N2O3S/c1-7-8(12(16)17)3-2-4-9(7)14-11(15)10-5-18-6-13-10/h2-6H,1H3,(H,14,15)(H,16,17). The molecule has 0 aliphatic rings. The molecule has 0 saturated carbocycles. The van der Waals surface area contributed by atoms with Crippen LogP contribution in [0.25, 0.3) is 0 Å². The second-order valence-corrected chi connectivity index (χ2v) is 4.33. The lowest BCUT2D eigenvalue weighted by Crippen LogP contribution is -2.14. The van der Waals surface area contributed by atoms with Crippen molar-refractivity contribution in [2.45, 2.75) is 6.92 Å². The number of amides is 1. The van der Waals surface area contributed by atoms with Gasteiger partial charge in [0.25, 0.3) is 5.91 Å². The normalized spacial score (nSPS) is 10.1. The van der Waals surface area contributed by atoms with Crippen LogP contribution < -0.4 is 5.32 Å². The number of nitrogens with zero attached hydrogens (tertiary/aromatic N) is 1. The van der Waals surface area contributed by atoms with Crippen molar-refractivity contribution >= 4 is 28.9 Å². The molecule has 0 atom stereocenters. The van der Waals surface area contributed by atoms with Crippen LogP contribution in [0, 0.1) is 6.92 Å². The zero-order valence-corrected chi connectivity index (χ0v) is 10.3. The summed E-state index contributed by atoms with van der Waals surface area (Å²) in [6.45, 7) is 1.65. The molecule has 0 radical (unpaired) electrons. The summed E-state index contributed by atoms with van der Waals surface area (Å²) in [4.78, 5) is 26.6. The number of carboxylic acids is 1. The van der Waals surface area contributed by atoms with Crippen LogP contribution in [0.1, 0.15) is 26.4 Å². The Bertz CT molecular complexity index is 593. The number of aromatic carboxylic acids is 1. The third-order valence-corrected chi connectivity index (χ3v) is 3.06. The number of carbonyl (C=O) groups is 2. The third kappa shape index (κ3) is 2.38. The van der Waals surface area contributed by atoms with Crippen LogP contribution in [0.2, 0.25) is 0 Å². The number of carbonyl (C=O) groups excluding carboxylic acids is 1. The van der Waals surface area contributed by atoms with Gasteiger partial charge in [-0.25, -0.2) is 9.78 Å². The lowest BCUT2D eigenvalue weighted by molar-refractivity contribution is 0.0695. The van der Waals surface area contributed by atoms with Crippen molar-refractivity contribution in [2.75, 3.05) is 5.32 Å². The zero-order chi connectivity index (χ0) is 13.1. The number of carboxylic acid groups (broad SMARTS) is 1. The summed E-state index contributed by atoms with van der Waals surface area (Å²) in [6, 6.07) is 4.75. The van der Waals surface area contributed by atoms with Crippen LogP contribution in [0.5, 0.6) is 0 Å². The minimum Gasteiger partial charge on any atom is -0.478 e. The van der Waals surface area contributed by atoms with Crippen molar-refractivity contribution < 1.29 is 14.7 Å². The Balaban J connectivity index is 2.27. The van der Waals surface area contributed by atoms with Gasteiger partial charge >= 0.3 is 5.97 Å². The van der Waals surface area contributed by atoms with Crippen molar-refractivity contribution in [3.63, 3.8) is 0 Å². The van der Waals surface area contributed by atoms with Gasteiger partial charge in [0.2, 0.25) is 0 Å². The van der Waals surface area contributed by atoms with E-state index in [0.717, 1.165) is 0 Å². The monoisotopic (exact) mass is 262 g/mol. The van der Waals surface area contributed by atoms with Gasteiger partial charge in [0.05, 0.1) is 11.1 Å². The Morgan fingerprint density at radius 2 is 2.17 bits per heavy atom. The molecule has 0 unspecified atom stereocenters. The smallest absolute Gasteiger partial charge is 0.336 e. The fourth-order valence-electron chi connectivity index (χ4n) is 1.51. The fraction of sp³-hybridized carbons (Fsp3) is 0.0833. The number of nitrogens with one attached hydrogen (secondary N) is 1. The van der Waals surface area contributed by atoms with E-state index in [2.05, 4.69) is 10.3 Å². The molecule has 2 N–H and O–H groups in total. The van der Waals surface area contributed by atoms with E-state index >= 15 is 0 Å². The largest absolute Gasteiger partial charge is 0.478 e. The van der Waals surface area contributed by atoms with Gasteiger partial charge in [-0.2, -0.15) is 0 Å². The summed E-state index contributed by atoms with van der Waals surface area (Å²) >= 11 is 1.32. The van der Waals surface area contributed by atoms with E-state index in [4.69, 9.17) is 5.11 Å². The number of aromatic nitrogens is 1. The van der Waals surface area contributed by atoms with E-state index in [-0.39, 0.29) is 11.5 Å². The molecule has 0 saturated heterocycles. The van der Waals surface area contributed by atoms with Gasteiger partial charge in [0, 0.05) is 11.1 Å². The Morgan fingerprint density at radius 3 is 2.78 bits per heavy atom. The van der Waals surface area contributed by atoms with E-state index < -0.39 is 5.97 Å². The van der Waals surface area contributed by atoms with E-state index in [0.29, 0.717) is 16.9 Å². The van der Waals surface area contributed by atoms with Gasteiger partial charge < -0.3 is 10.4 Å². The molecule has 0 bridgehead atoms. The highest BCUT2D eigenvalue weighted by Gasteiger charge is 2.13. The highest BCUT2D eigenvalue weighted by atomic mass is 32.1. The van der Waals surface area contributed by atoms with Crippen LogP contribution in [-0.2, 0) is 0 Å². The molecule has 1 aromatic carbocycles. The van der Waals surface area contributed by atoms with Crippen LogP contribution in [-0.4, -0.2) is 22.0 Å². The maximum Gasteiger partial charge on any atom is 0.336 e. The topological polar surface area (TPSA) is 79.3 Å². The summed E-state index contributed by atoms with van der Waals surface area (Å²) in [6.07, 6.45) is 0. The van der Waals surface area contributed by atoms with Crippen molar-refractivity contribution in [1.82, 2.24) is 4.98 Å². The number of rotatable bonds is 3. The minimum atomic E-state index is -1.02. The van der Waals surface area contributed by atoms with Crippen molar-refractivity contribution in [2.24, 2.45) is 0 Å². The lowest BCUT2D eigenvalue weighted by atomic mass is 10.1. The maximum absolute atomic E-state index is 11.8. The lowest BCUT2D eigenvalue weighted by Gasteiger charge is -2.09. The molecule has 1 aromatic heterocycles. The van der Waals surface area contributed by atoms with E-state index in [1.807, 2.05) is 0 Å². The van der Waals surface area contributed by atoms with E-state index in [1.54, 1.807) is 29.9 Å². The van der Waals surface area contributed by atoms with Crippen LogP contribution in [0.4, 0.5) is 5.69 Å². The molecule has 1 heterocycles. The molecule has 5 nitrogen and oxygen atoms in total. The first-order chi connectivity index (χ1) is 8.59. The summed E-state index contributed by atoms with van der Waals surface area (Å²) in [5.74, 6) is -1.36. The summed E-state index contributed by atoms with van der Waals surface area (Å²) in [5, 5.41) is 13.3. The molecule has 0 spiro atoms. The Labute approximate surface area is 107 Å². The number of hydrogen-bond donors (Lipinski definition) is 2. The SMILES string of the molecule is Cc1c(NC(=O)c2cscn2)cccc1C(=O)O. The summed E-state index contributed by atoms with van der Waals surface area (Å²) < 4.78 is 0. The molecule has 92 valence electrons. The molecule has 0 fully saturated rings. The van der Waals surface area contributed by atoms with Gasteiger partial charge in [0.1, 0.15) is 5.69 Å². The van der Waals surface area contributed by atoms with Crippen molar-refractivity contribution in [3.05, 3.63) is 45.9 Å². The van der Waals surface area contributed by atoms with Gasteiger partial charge in [0.15, 0.2) is 0 Å². The Hall–Kier alpha value is -2.21. The first-order valence-electron chi connectivity index (χ1n) is 5.12. The third-order valence-electron chi connectivity index (χ3n) is 2.48. The predicted molar refractivity (Wildman–Crippen MR) is 68.2 cm³/mol. The molecule has 2 rings (SSSR count). The molecule has 18 heavy (non-hydrogen) atoms. The molecular weight excluding hydrogens is 252 g/mol. The highest BCUT2D eigenvalue weighted by Crippen LogP contribution is 2.19. The van der Waals surface area contributed by atoms with Gasteiger partial charge in [-0.1, -0.05) is 6.07 Å². The second-order valence-electron chi connectivity index (χ2n) is 3.61. The molecular formula is C12H10N2O3S. The zero-order valence-electron chi connectivity index (χ0n) is 9.51. The van der Waals surface area contributed by atoms with Crippen molar-refractivity contribution in [1.29, 1.82) is 0 Å². The average Bonchev–Trinajstić information content (AvgIpc) is 2.85. The Morgan fingerprint density at radius 1 is 1.39 bits per heavy atom. The quantitative estimate of drug-likeness (QED) is 0.890. The molecule has 6 heteroatoms. The van der Waals surface area contributed by atoms with E-state index in [1.165, 1.54) is 17.4 Å². The van der Waals surface area contributed by atoms with Crippen LogP contribution in [0.15, 0.2) is 29.1 Å². The van der Waals surface area contributed by atoms with Gasteiger partial charge in [-0.15, -0.1) is 11.3 Å². The number of anilines is 1. The highest BCUT2D eigenvalue weighted by molar-refractivity contribution is 7.07. The minimum absolute atomic E-state index is 0.172. The van der Waals surface area contributed by atoms with E-state index in [9.17, 15) is 9.59 Å². The average molecular weight is 262 g/mol. The number of thiazole rings is 1. The molecule has 2 aromatic rings. The summed E-state index contributed by atoms with van der Waals surface area (Å²) in [5.41, 5.74) is 3.06. The molecule has 1 amide bonds. The Kier molecular flexibility index (Phi) is 3.38. The number of hydrogen-bond acceptors (Lipinski definition) is 4.